The van der Waals surface area contributed by atoms with Crippen molar-refractivity contribution in [3.63, 3.8) is 0 Å². The Balaban J connectivity index is 1.78. The third-order valence-corrected chi connectivity index (χ3v) is 6.91. The molecule has 1 aromatic carbocycles. The Morgan fingerprint density at radius 3 is 2.52 bits per heavy atom. The van der Waals surface area contributed by atoms with Crippen LogP contribution in [0.25, 0.3) is 0 Å². The minimum absolute atomic E-state index is 0.175. The molecule has 1 N–H and O–H groups in total. The van der Waals surface area contributed by atoms with Crippen molar-refractivity contribution >= 4 is 21.6 Å². The number of nitrogens with zero attached hydrogens (tertiary/aromatic N) is 1. The van der Waals surface area contributed by atoms with Crippen LogP contribution in [0.2, 0.25) is 5.02 Å². The molecular weight excluding hydrogens is 367 g/mol. The fraction of sp³-hybridized carbons (Fsp3) is 0.647. The van der Waals surface area contributed by atoms with Gasteiger partial charge in [0.1, 0.15) is 10.7 Å². The quantitative estimate of drug-likeness (QED) is 0.839. The summed E-state index contributed by atoms with van der Waals surface area (Å²) in [5.74, 6) is -0.830. The Bertz CT molecular complexity index is 702. The lowest BCUT2D eigenvalue weighted by Crippen LogP contribution is -2.59. The molecule has 0 radical (unpaired) electrons. The number of hydrogen-bond acceptors (Lipinski definition) is 4. The molecule has 25 heavy (non-hydrogen) atoms. The maximum atomic E-state index is 14.0. The van der Waals surface area contributed by atoms with Gasteiger partial charge in [-0.1, -0.05) is 30.9 Å². The molecule has 0 aromatic heterocycles. The van der Waals surface area contributed by atoms with Crippen molar-refractivity contribution < 1.29 is 17.5 Å². The third-order valence-electron chi connectivity index (χ3n) is 5.24. The Morgan fingerprint density at radius 1 is 1.20 bits per heavy atom. The number of morpholine rings is 1. The largest absolute Gasteiger partial charge is 0.379 e. The topological polar surface area (TPSA) is 58.6 Å². The lowest BCUT2D eigenvalue weighted by molar-refractivity contribution is -0.0348. The predicted octanol–water partition coefficient (Wildman–Crippen LogP) is 2.79. The molecule has 0 spiro atoms. The summed E-state index contributed by atoms with van der Waals surface area (Å²) in [7, 11) is -3.93. The van der Waals surface area contributed by atoms with E-state index in [4.69, 9.17) is 16.3 Å². The first-order chi connectivity index (χ1) is 11.9. The second-order valence-electron chi connectivity index (χ2n) is 6.78. The van der Waals surface area contributed by atoms with Crippen molar-refractivity contribution in [2.24, 2.45) is 0 Å². The highest BCUT2D eigenvalue weighted by Crippen LogP contribution is 2.34. The Kier molecular flexibility index (Phi) is 6.00. The number of nitrogens with one attached hydrogen (secondary N) is 1. The summed E-state index contributed by atoms with van der Waals surface area (Å²) in [6, 6.07) is 3.62. The van der Waals surface area contributed by atoms with Crippen molar-refractivity contribution in [2.75, 3.05) is 32.8 Å². The number of ether oxygens (including phenoxy) is 1. The van der Waals surface area contributed by atoms with Gasteiger partial charge in [-0.05, 0) is 31.0 Å². The molecule has 0 amide bonds. The summed E-state index contributed by atoms with van der Waals surface area (Å²) in [6.45, 7) is 3.23. The molecule has 1 aliphatic carbocycles. The van der Waals surface area contributed by atoms with Crippen LogP contribution in [-0.4, -0.2) is 51.7 Å². The molecule has 0 bridgehead atoms. The van der Waals surface area contributed by atoms with E-state index < -0.39 is 15.8 Å². The van der Waals surface area contributed by atoms with Crippen molar-refractivity contribution in [3.8, 4) is 0 Å². The Hall–Kier alpha value is -0.730. The van der Waals surface area contributed by atoms with Gasteiger partial charge in [-0.3, -0.25) is 4.90 Å². The number of benzene rings is 1. The van der Waals surface area contributed by atoms with Crippen molar-refractivity contribution in [2.45, 2.75) is 42.5 Å². The van der Waals surface area contributed by atoms with Gasteiger partial charge in [0.15, 0.2) is 0 Å². The molecule has 0 atom stereocenters. The molecule has 140 valence electrons. The molecule has 3 rings (SSSR count). The van der Waals surface area contributed by atoms with Crippen LogP contribution in [0.3, 0.4) is 0 Å². The Morgan fingerprint density at radius 2 is 1.88 bits per heavy atom. The van der Waals surface area contributed by atoms with Gasteiger partial charge in [0.05, 0.1) is 13.2 Å². The molecule has 1 saturated carbocycles. The van der Waals surface area contributed by atoms with Gasteiger partial charge < -0.3 is 4.74 Å². The van der Waals surface area contributed by atoms with Crippen LogP contribution < -0.4 is 4.72 Å². The van der Waals surface area contributed by atoms with E-state index in [1.165, 1.54) is 18.6 Å². The normalized spacial score (nSPS) is 22.0. The van der Waals surface area contributed by atoms with Crippen LogP contribution in [0.1, 0.15) is 32.1 Å². The first kappa shape index (κ1) is 19.0. The zero-order chi connectivity index (χ0) is 17.9. The SMILES string of the molecule is O=S(=O)(NCC1(N2CCOCC2)CCCCC1)c1ccc(Cl)cc1F. The van der Waals surface area contributed by atoms with Gasteiger partial charge in [0, 0.05) is 30.2 Å². The summed E-state index contributed by atoms with van der Waals surface area (Å²) in [4.78, 5) is 1.99. The number of hydrogen-bond donors (Lipinski definition) is 1. The van der Waals surface area contributed by atoms with Gasteiger partial charge in [0.2, 0.25) is 10.0 Å². The first-order valence-corrected chi connectivity index (χ1v) is 10.6. The van der Waals surface area contributed by atoms with E-state index in [1.54, 1.807) is 0 Å². The van der Waals surface area contributed by atoms with Crippen LogP contribution in [0.15, 0.2) is 23.1 Å². The van der Waals surface area contributed by atoms with Crippen LogP contribution in [0, 0.1) is 5.82 Å². The number of rotatable bonds is 5. The molecular formula is C17H24ClFN2O3S. The van der Waals surface area contributed by atoms with Gasteiger partial charge in [-0.15, -0.1) is 0 Å². The van der Waals surface area contributed by atoms with Crippen LogP contribution in [0.5, 0.6) is 0 Å². The van der Waals surface area contributed by atoms with Gasteiger partial charge in [-0.2, -0.15) is 0 Å². The zero-order valence-corrected chi connectivity index (χ0v) is 15.7. The molecule has 1 aromatic rings. The fourth-order valence-corrected chi connectivity index (χ4v) is 5.19. The maximum absolute atomic E-state index is 14.0. The van der Waals surface area contributed by atoms with E-state index in [0.29, 0.717) is 13.2 Å². The van der Waals surface area contributed by atoms with Gasteiger partial charge in [0.25, 0.3) is 0 Å². The summed E-state index contributed by atoms with van der Waals surface area (Å²) in [5.41, 5.74) is -0.210. The smallest absolute Gasteiger partial charge is 0.243 e. The first-order valence-electron chi connectivity index (χ1n) is 8.71. The molecule has 0 unspecified atom stereocenters. The van der Waals surface area contributed by atoms with E-state index >= 15 is 0 Å². The summed E-state index contributed by atoms with van der Waals surface area (Å²) >= 11 is 5.72. The van der Waals surface area contributed by atoms with E-state index in [2.05, 4.69) is 9.62 Å². The maximum Gasteiger partial charge on any atom is 0.243 e. The highest BCUT2D eigenvalue weighted by Gasteiger charge is 2.39. The zero-order valence-electron chi connectivity index (χ0n) is 14.1. The molecule has 2 aliphatic rings. The minimum Gasteiger partial charge on any atom is -0.379 e. The van der Waals surface area contributed by atoms with E-state index in [9.17, 15) is 12.8 Å². The third kappa shape index (κ3) is 4.34. The van der Waals surface area contributed by atoms with Crippen molar-refractivity contribution in [3.05, 3.63) is 29.0 Å². The van der Waals surface area contributed by atoms with E-state index in [1.807, 2.05) is 0 Å². The lowest BCUT2D eigenvalue weighted by atomic mass is 9.80. The van der Waals surface area contributed by atoms with Gasteiger partial charge >= 0.3 is 0 Å². The lowest BCUT2D eigenvalue weighted by Gasteiger charge is -2.48. The molecule has 1 aliphatic heterocycles. The molecule has 5 nitrogen and oxygen atoms in total. The molecule has 1 saturated heterocycles. The van der Waals surface area contributed by atoms with Gasteiger partial charge in [-0.25, -0.2) is 17.5 Å². The Labute approximate surface area is 153 Å². The van der Waals surface area contributed by atoms with Crippen LogP contribution >= 0.6 is 11.6 Å². The molecule has 1 heterocycles. The standard InChI is InChI=1S/C17H24ClFN2O3S/c18-14-4-5-16(15(19)12-14)25(22,23)20-13-17(6-2-1-3-7-17)21-8-10-24-11-9-21/h4-5,12,20H,1-3,6-11,13H2. The number of halogens is 2. The van der Waals surface area contributed by atoms with Crippen LogP contribution in [-0.2, 0) is 14.8 Å². The van der Waals surface area contributed by atoms with E-state index in [-0.39, 0.29) is 22.0 Å². The summed E-state index contributed by atoms with van der Waals surface area (Å²) < 4.78 is 47.3. The van der Waals surface area contributed by atoms with E-state index in [0.717, 1.165) is 44.8 Å². The molecule has 8 heteroatoms. The molecule has 2 fully saturated rings. The minimum atomic E-state index is -3.93. The second-order valence-corrected chi connectivity index (χ2v) is 8.96. The van der Waals surface area contributed by atoms with Crippen molar-refractivity contribution in [1.82, 2.24) is 9.62 Å². The highest BCUT2D eigenvalue weighted by molar-refractivity contribution is 7.89. The summed E-state index contributed by atoms with van der Waals surface area (Å²) in [5, 5.41) is 0.175. The summed E-state index contributed by atoms with van der Waals surface area (Å²) in [6.07, 6.45) is 5.21. The predicted molar refractivity (Wildman–Crippen MR) is 94.8 cm³/mol. The highest BCUT2D eigenvalue weighted by atomic mass is 35.5. The van der Waals surface area contributed by atoms with Crippen LogP contribution in [0.4, 0.5) is 4.39 Å². The van der Waals surface area contributed by atoms with Crippen molar-refractivity contribution in [1.29, 1.82) is 0 Å². The average molecular weight is 391 g/mol. The fourth-order valence-electron chi connectivity index (χ4n) is 3.85. The average Bonchev–Trinajstić information content (AvgIpc) is 2.61. The monoisotopic (exact) mass is 390 g/mol. The number of sulfonamides is 1. The second kappa shape index (κ2) is 7.88.